The van der Waals surface area contributed by atoms with Crippen molar-refractivity contribution in [3.63, 3.8) is 0 Å². The molecule has 0 aliphatic carbocycles. The Labute approximate surface area is 92.7 Å². The molecule has 0 aromatic carbocycles. The molecule has 15 heavy (non-hydrogen) atoms. The molecule has 1 saturated heterocycles. The maximum absolute atomic E-state index is 5.86. The van der Waals surface area contributed by atoms with Crippen LogP contribution in [0.5, 0.6) is 0 Å². The smallest absolute Gasteiger partial charge is 0.246 e. The molecule has 5 nitrogen and oxygen atoms in total. The summed E-state index contributed by atoms with van der Waals surface area (Å²) in [5.41, 5.74) is 5.27. The second kappa shape index (κ2) is 4.11. The number of ether oxygens (including phenoxy) is 1. The van der Waals surface area contributed by atoms with Crippen molar-refractivity contribution in [2.24, 2.45) is 5.73 Å². The average Bonchev–Trinajstić information content (AvgIpc) is 2.67. The van der Waals surface area contributed by atoms with Gasteiger partial charge in [0.25, 0.3) is 0 Å². The van der Waals surface area contributed by atoms with Gasteiger partial charge in [0, 0.05) is 11.5 Å². The summed E-state index contributed by atoms with van der Waals surface area (Å²) in [6, 6.07) is 0. The SMILES string of the molecule is CC(C)(N)c1nc(C2CSCCO2)no1. The molecule has 1 unspecified atom stereocenters. The second-order valence-electron chi connectivity index (χ2n) is 4.11. The number of hydrogen-bond donors (Lipinski definition) is 1. The van der Waals surface area contributed by atoms with E-state index in [0.717, 1.165) is 18.1 Å². The van der Waals surface area contributed by atoms with Crippen molar-refractivity contribution in [3.05, 3.63) is 11.7 Å². The molecular weight excluding hydrogens is 214 g/mol. The molecule has 1 fully saturated rings. The molecule has 0 saturated carbocycles. The molecule has 0 spiro atoms. The molecule has 1 aliphatic heterocycles. The number of hydrogen-bond acceptors (Lipinski definition) is 6. The fourth-order valence-corrected chi connectivity index (χ4v) is 2.10. The third-order valence-corrected chi connectivity index (χ3v) is 3.09. The summed E-state index contributed by atoms with van der Waals surface area (Å²) < 4.78 is 10.7. The minimum atomic E-state index is -0.590. The van der Waals surface area contributed by atoms with Gasteiger partial charge in [-0.1, -0.05) is 5.16 Å². The van der Waals surface area contributed by atoms with Crippen molar-refractivity contribution in [2.45, 2.75) is 25.5 Å². The molecule has 0 amide bonds. The monoisotopic (exact) mass is 229 g/mol. The summed E-state index contributed by atoms with van der Waals surface area (Å²) in [7, 11) is 0. The van der Waals surface area contributed by atoms with Crippen LogP contribution in [0.15, 0.2) is 4.52 Å². The van der Waals surface area contributed by atoms with Crippen LogP contribution in [-0.2, 0) is 10.3 Å². The van der Waals surface area contributed by atoms with Crippen LogP contribution in [0.1, 0.15) is 31.7 Å². The van der Waals surface area contributed by atoms with Gasteiger partial charge in [-0.15, -0.1) is 0 Å². The highest BCUT2D eigenvalue weighted by Crippen LogP contribution is 2.25. The van der Waals surface area contributed by atoms with Gasteiger partial charge in [-0.3, -0.25) is 0 Å². The van der Waals surface area contributed by atoms with Crippen LogP contribution in [0.2, 0.25) is 0 Å². The van der Waals surface area contributed by atoms with Crippen LogP contribution in [0.4, 0.5) is 0 Å². The topological polar surface area (TPSA) is 74.2 Å². The van der Waals surface area contributed by atoms with Crippen molar-refractivity contribution in [1.29, 1.82) is 0 Å². The lowest BCUT2D eigenvalue weighted by Gasteiger charge is -2.18. The van der Waals surface area contributed by atoms with Crippen molar-refractivity contribution in [1.82, 2.24) is 10.1 Å². The highest BCUT2D eigenvalue weighted by Gasteiger charge is 2.27. The van der Waals surface area contributed by atoms with E-state index in [9.17, 15) is 0 Å². The maximum Gasteiger partial charge on any atom is 0.246 e. The standard InChI is InChI=1S/C9H15N3O2S/c1-9(2,10)8-11-7(12-14-8)6-5-15-4-3-13-6/h6H,3-5,10H2,1-2H3. The van der Waals surface area contributed by atoms with Gasteiger partial charge in [0.1, 0.15) is 6.10 Å². The van der Waals surface area contributed by atoms with Crippen LogP contribution >= 0.6 is 11.8 Å². The fourth-order valence-electron chi connectivity index (χ4n) is 1.26. The van der Waals surface area contributed by atoms with Gasteiger partial charge in [-0.25, -0.2) is 0 Å². The van der Waals surface area contributed by atoms with Gasteiger partial charge in [0.05, 0.1) is 12.1 Å². The Morgan fingerprint density at radius 2 is 2.33 bits per heavy atom. The van der Waals surface area contributed by atoms with Crippen LogP contribution in [0.25, 0.3) is 0 Å². The zero-order chi connectivity index (χ0) is 10.9. The quantitative estimate of drug-likeness (QED) is 0.817. The Morgan fingerprint density at radius 3 is 2.87 bits per heavy atom. The summed E-state index contributed by atoms with van der Waals surface area (Å²) in [4.78, 5) is 4.26. The molecule has 2 heterocycles. The average molecular weight is 229 g/mol. The fraction of sp³-hybridized carbons (Fsp3) is 0.778. The van der Waals surface area contributed by atoms with E-state index in [1.54, 1.807) is 0 Å². The minimum Gasteiger partial charge on any atom is -0.368 e. The first-order chi connectivity index (χ1) is 7.07. The predicted molar refractivity (Wildman–Crippen MR) is 57.5 cm³/mol. The third-order valence-electron chi connectivity index (χ3n) is 2.10. The van der Waals surface area contributed by atoms with Gasteiger partial charge < -0.3 is 15.0 Å². The maximum atomic E-state index is 5.86. The number of aromatic nitrogens is 2. The zero-order valence-corrected chi connectivity index (χ0v) is 9.71. The highest BCUT2D eigenvalue weighted by molar-refractivity contribution is 7.99. The van der Waals surface area contributed by atoms with Crippen molar-refractivity contribution in [2.75, 3.05) is 18.1 Å². The molecule has 2 rings (SSSR count). The van der Waals surface area contributed by atoms with Gasteiger partial charge in [0.2, 0.25) is 11.7 Å². The summed E-state index contributed by atoms with van der Waals surface area (Å²) in [6.07, 6.45) is -0.0522. The van der Waals surface area contributed by atoms with Crippen LogP contribution < -0.4 is 5.73 Å². The van der Waals surface area contributed by atoms with Crippen molar-refractivity contribution < 1.29 is 9.26 Å². The van der Waals surface area contributed by atoms with E-state index in [2.05, 4.69) is 10.1 Å². The lowest BCUT2D eigenvalue weighted by molar-refractivity contribution is 0.0677. The third kappa shape index (κ3) is 2.50. The Morgan fingerprint density at radius 1 is 1.53 bits per heavy atom. The van der Waals surface area contributed by atoms with Gasteiger partial charge in [-0.2, -0.15) is 16.7 Å². The molecule has 1 aliphatic rings. The van der Waals surface area contributed by atoms with E-state index < -0.39 is 5.54 Å². The largest absolute Gasteiger partial charge is 0.368 e. The lowest BCUT2D eigenvalue weighted by Crippen LogP contribution is -2.29. The van der Waals surface area contributed by atoms with E-state index in [-0.39, 0.29) is 6.10 Å². The molecule has 1 atom stereocenters. The van der Waals surface area contributed by atoms with Crippen molar-refractivity contribution in [3.8, 4) is 0 Å². The molecule has 6 heteroatoms. The summed E-state index contributed by atoms with van der Waals surface area (Å²) in [5, 5.41) is 3.90. The first kappa shape index (κ1) is 10.9. The molecule has 1 aromatic rings. The van der Waals surface area contributed by atoms with Gasteiger partial charge >= 0.3 is 0 Å². The van der Waals surface area contributed by atoms with Crippen LogP contribution in [0, 0.1) is 0 Å². The van der Waals surface area contributed by atoms with E-state index in [4.69, 9.17) is 15.0 Å². The van der Waals surface area contributed by atoms with Gasteiger partial charge in [0.15, 0.2) is 0 Å². The van der Waals surface area contributed by atoms with Crippen molar-refractivity contribution >= 4 is 11.8 Å². The van der Waals surface area contributed by atoms with Crippen LogP contribution in [-0.4, -0.2) is 28.3 Å². The molecule has 2 N–H and O–H groups in total. The normalized spacial score (nSPS) is 23.0. The molecule has 84 valence electrons. The molecule has 0 bridgehead atoms. The molecular formula is C9H15N3O2S. The Bertz CT molecular complexity index is 328. The highest BCUT2D eigenvalue weighted by atomic mass is 32.2. The molecule has 0 radical (unpaired) electrons. The number of thioether (sulfide) groups is 1. The second-order valence-corrected chi connectivity index (χ2v) is 5.26. The zero-order valence-electron chi connectivity index (χ0n) is 8.90. The van der Waals surface area contributed by atoms with E-state index in [1.165, 1.54) is 0 Å². The minimum absolute atomic E-state index is 0.0522. The number of nitrogens with zero attached hydrogens (tertiary/aromatic N) is 2. The Balaban J connectivity index is 2.12. The first-order valence-corrected chi connectivity index (χ1v) is 6.05. The lowest BCUT2D eigenvalue weighted by atomic mass is 10.1. The van der Waals surface area contributed by atoms with E-state index >= 15 is 0 Å². The summed E-state index contributed by atoms with van der Waals surface area (Å²) in [6.45, 7) is 4.41. The van der Waals surface area contributed by atoms with Gasteiger partial charge in [-0.05, 0) is 13.8 Å². The summed E-state index contributed by atoms with van der Waals surface area (Å²) >= 11 is 1.84. The van der Waals surface area contributed by atoms with E-state index in [1.807, 2.05) is 25.6 Å². The Kier molecular flexibility index (Phi) is 2.99. The van der Waals surface area contributed by atoms with E-state index in [0.29, 0.717) is 11.7 Å². The predicted octanol–water partition coefficient (Wildman–Crippen LogP) is 1.07. The number of rotatable bonds is 2. The Hall–Kier alpha value is -0.590. The number of nitrogens with two attached hydrogens (primary N) is 1. The first-order valence-electron chi connectivity index (χ1n) is 4.89. The summed E-state index contributed by atoms with van der Waals surface area (Å²) in [5.74, 6) is 2.97. The van der Waals surface area contributed by atoms with Crippen LogP contribution in [0.3, 0.4) is 0 Å². The molecule has 1 aromatic heterocycles.